The minimum atomic E-state index is -1.19. The van der Waals surface area contributed by atoms with Crippen molar-refractivity contribution in [2.75, 3.05) is 10.6 Å². The zero-order valence-electron chi connectivity index (χ0n) is 16.9. The number of anilines is 2. The van der Waals surface area contributed by atoms with Crippen LogP contribution in [0.1, 0.15) is 13.3 Å². The maximum atomic E-state index is 12.8. The Labute approximate surface area is 184 Å². The summed E-state index contributed by atoms with van der Waals surface area (Å²) in [5.41, 5.74) is 1.27. The van der Waals surface area contributed by atoms with Gasteiger partial charge in [-0.1, -0.05) is 43.3 Å². The van der Waals surface area contributed by atoms with Gasteiger partial charge in [-0.15, -0.1) is 11.8 Å². The Morgan fingerprint density at radius 1 is 0.903 bits per heavy atom. The summed E-state index contributed by atoms with van der Waals surface area (Å²) < 4.78 is 0. The molecule has 7 heteroatoms. The number of carboxylic acid groups (broad SMARTS) is 1. The molecular weight excluding hydrogens is 412 g/mol. The summed E-state index contributed by atoms with van der Waals surface area (Å²) in [7, 11) is 0. The summed E-state index contributed by atoms with van der Waals surface area (Å²) in [6.45, 7) is 1.94. The Bertz CT molecular complexity index is 1140. The number of aliphatic carboxylic acids is 1. The SMILES string of the molecule is CCC(Sc1cccc(NC(=O)/C=C/C(=O)O)c1)C(=O)Nc1ccc2ccccc2c1. The second kappa shape index (κ2) is 10.4. The van der Waals surface area contributed by atoms with Crippen LogP contribution in [-0.4, -0.2) is 28.1 Å². The first-order chi connectivity index (χ1) is 14.9. The van der Waals surface area contributed by atoms with Crippen LogP contribution < -0.4 is 10.6 Å². The second-order valence-electron chi connectivity index (χ2n) is 6.75. The molecule has 0 bridgehead atoms. The molecule has 0 aromatic heterocycles. The van der Waals surface area contributed by atoms with E-state index in [9.17, 15) is 14.4 Å². The fourth-order valence-electron chi connectivity index (χ4n) is 2.95. The van der Waals surface area contributed by atoms with Gasteiger partial charge < -0.3 is 15.7 Å². The van der Waals surface area contributed by atoms with Crippen molar-refractivity contribution in [3.05, 3.63) is 78.9 Å². The van der Waals surface area contributed by atoms with E-state index in [2.05, 4.69) is 10.6 Å². The van der Waals surface area contributed by atoms with E-state index in [0.29, 0.717) is 12.1 Å². The summed E-state index contributed by atoms with van der Waals surface area (Å²) in [5.74, 6) is -1.82. The van der Waals surface area contributed by atoms with Crippen LogP contribution in [-0.2, 0) is 14.4 Å². The highest BCUT2D eigenvalue weighted by Crippen LogP contribution is 2.29. The van der Waals surface area contributed by atoms with Gasteiger partial charge in [-0.25, -0.2) is 4.79 Å². The molecule has 3 aromatic rings. The van der Waals surface area contributed by atoms with Crippen LogP contribution in [0.2, 0.25) is 0 Å². The van der Waals surface area contributed by atoms with E-state index in [0.717, 1.165) is 33.5 Å². The van der Waals surface area contributed by atoms with E-state index in [4.69, 9.17) is 5.11 Å². The van der Waals surface area contributed by atoms with Gasteiger partial charge in [0.15, 0.2) is 0 Å². The highest BCUT2D eigenvalue weighted by atomic mass is 32.2. The van der Waals surface area contributed by atoms with Gasteiger partial charge in [0, 0.05) is 28.4 Å². The fraction of sp³-hybridized carbons (Fsp3) is 0.125. The van der Waals surface area contributed by atoms with Gasteiger partial charge in [0.2, 0.25) is 11.8 Å². The molecular formula is C24H22N2O4S. The number of hydrogen-bond donors (Lipinski definition) is 3. The molecule has 0 heterocycles. The molecule has 0 aliphatic carbocycles. The number of thioether (sulfide) groups is 1. The standard InChI is InChI=1S/C24H22N2O4S/c1-2-21(24(30)26-19-11-10-16-6-3-4-7-17(16)14-19)31-20-9-5-8-18(15-20)25-22(27)12-13-23(28)29/h3-15,21H,2H2,1H3,(H,25,27)(H,26,30)(H,28,29)/b13-12+. The first-order valence-electron chi connectivity index (χ1n) is 9.73. The lowest BCUT2D eigenvalue weighted by molar-refractivity contribution is -0.131. The Morgan fingerprint density at radius 2 is 1.65 bits per heavy atom. The quantitative estimate of drug-likeness (QED) is 0.345. The van der Waals surface area contributed by atoms with Crippen molar-refractivity contribution < 1.29 is 19.5 Å². The van der Waals surface area contributed by atoms with Crippen LogP contribution >= 0.6 is 11.8 Å². The predicted molar refractivity (Wildman–Crippen MR) is 124 cm³/mol. The highest BCUT2D eigenvalue weighted by molar-refractivity contribution is 8.00. The van der Waals surface area contributed by atoms with Crippen molar-refractivity contribution in [1.82, 2.24) is 0 Å². The highest BCUT2D eigenvalue weighted by Gasteiger charge is 2.18. The molecule has 0 aliphatic heterocycles. The van der Waals surface area contributed by atoms with E-state index in [1.54, 1.807) is 18.2 Å². The zero-order valence-corrected chi connectivity index (χ0v) is 17.7. The van der Waals surface area contributed by atoms with Crippen molar-refractivity contribution in [2.24, 2.45) is 0 Å². The van der Waals surface area contributed by atoms with Crippen molar-refractivity contribution in [3.8, 4) is 0 Å². The zero-order chi connectivity index (χ0) is 22.2. The van der Waals surface area contributed by atoms with Crippen LogP contribution in [0.25, 0.3) is 10.8 Å². The van der Waals surface area contributed by atoms with Gasteiger partial charge in [0.05, 0.1) is 5.25 Å². The lowest BCUT2D eigenvalue weighted by Gasteiger charge is -2.16. The first-order valence-corrected chi connectivity index (χ1v) is 10.6. The maximum Gasteiger partial charge on any atom is 0.328 e. The van der Waals surface area contributed by atoms with Crippen LogP contribution in [0, 0.1) is 0 Å². The Hall–Kier alpha value is -3.58. The number of benzene rings is 3. The van der Waals surface area contributed by atoms with Crippen molar-refractivity contribution in [3.63, 3.8) is 0 Å². The molecule has 0 aliphatic rings. The number of hydrogen-bond acceptors (Lipinski definition) is 4. The largest absolute Gasteiger partial charge is 0.478 e. The molecule has 3 rings (SSSR count). The Kier molecular flexibility index (Phi) is 7.45. The number of carbonyl (C=O) groups is 3. The monoisotopic (exact) mass is 434 g/mol. The molecule has 6 nitrogen and oxygen atoms in total. The maximum absolute atomic E-state index is 12.8. The van der Waals surface area contributed by atoms with Crippen LogP contribution in [0.4, 0.5) is 11.4 Å². The molecule has 2 amide bonds. The average molecular weight is 435 g/mol. The third kappa shape index (κ3) is 6.45. The van der Waals surface area contributed by atoms with E-state index >= 15 is 0 Å². The molecule has 0 fully saturated rings. The number of rotatable bonds is 8. The summed E-state index contributed by atoms with van der Waals surface area (Å²) >= 11 is 1.40. The summed E-state index contributed by atoms with van der Waals surface area (Å²) in [6.07, 6.45) is 2.36. The number of nitrogens with one attached hydrogen (secondary N) is 2. The molecule has 0 saturated heterocycles. The molecule has 31 heavy (non-hydrogen) atoms. The number of amides is 2. The van der Waals surface area contributed by atoms with E-state index in [-0.39, 0.29) is 11.2 Å². The van der Waals surface area contributed by atoms with E-state index < -0.39 is 11.9 Å². The Balaban J connectivity index is 1.66. The van der Waals surface area contributed by atoms with Crippen molar-refractivity contribution in [1.29, 1.82) is 0 Å². The van der Waals surface area contributed by atoms with Crippen LogP contribution in [0.5, 0.6) is 0 Å². The van der Waals surface area contributed by atoms with Gasteiger partial charge in [0.1, 0.15) is 0 Å². The molecule has 158 valence electrons. The minimum Gasteiger partial charge on any atom is -0.478 e. The third-order valence-corrected chi connectivity index (χ3v) is 5.80. The predicted octanol–water partition coefficient (Wildman–Crippen LogP) is 4.93. The van der Waals surface area contributed by atoms with Crippen molar-refractivity contribution in [2.45, 2.75) is 23.5 Å². The van der Waals surface area contributed by atoms with E-state index in [1.807, 2.05) is 55.5 Å². The smallest absolute Gasteiger partial charge is 0.328 e. The lowest BCUT2D eigenvalue weighted by atomic mass is 10.1. The fourth-order valence-corrected chi connectivity index (χ4v) is 3.97. The summed E-state index contributed by atoms with van der Waals surface area (Å²) in [4.78, 5) is 35.9. The molecule has 0 spiro atoms. The minimum absolute atomic E-state index is 0.0957. The Morgan fingerprint density at radius 3 is 2.39 bits per heavy atom. The molecule has 3 N–H and O–H groups in total. The second-order valence-corrected chi connectivity index (χ2v) is 8.03. The third-order valence-electron chi connectivity index (χ3n) is 4.44. The molecule has 0 radical (unpaired) electrons. The normalized spacial score (nSPS) is 11.9. The van der Waals surface area contributed by atoms with Gasteiger partial charge in [-0.05, 0) is 47.5 Å². The van der Waals surface area contributed by atoms with Crippen LogP contribution in [0.3, 0.4) is 0 Å². The molecule has 1 unspecified atom stereocenters. The molecule has 0 saturated carbocycles. The summed E-state index contributed by atoms with van der Waals surface area (Å²) in [6, 6.07) is 20.9. The van der Waals surface area contributed by atoms with Crippen molar-refractivity contribution >= 4 is 51.7 Å². The topological polar surface area (TPSA) is 95.5 Å². The number of carboxylic acids is 1. The van der Waals surface area contributed by atoms with Gasteiger partial charge in [0.25, 0.3) is 0 Å². The first kappa shape index (κ1) is 22.1. The lowest BCUT2D eigenvalue weighted by Crippen LogP contribution is -2.24. The van der Waals surface area contributed by atoms with Crippen LogP contribution in [0.15, 0.2) is 83.8 Å². The average Bonchev–Trinajstić information content (AvgIpc) is 2.76. The van der Waals surface area contributed by atoms with E-state index in [1.165, 1.54) is 11.8 Å². The van der Waals surface area contributed by atoms with Gasteiger partial charge in [-0.3, -0.25) is 9.59 Å². The molecule has 1 atom stereocenters. The number of fused-ring (bicyclic) bond motifs is 1. The van der Waals surface area contributed by atoms with Gasteiger partial charge >= 0.3 is 5.97 Å². The molecule has 3 aromatic carbocycles. The number of carbonyl (C=O) groups excluding carboxylic acids is 2. The summed E-state index contributed by atoms with van der Waals surface area (Å²) in [5, 5.41) is 16.0. The van der Waals surface area contributed by atoms with Gasteiger partial charge in [-0.2, -0.15) is 0 Å².